The van der Waals surface area contributed by atoms with E-state index >= 15 is 0 Å². The molecule has 0 bridgehead atoms. The highest BCUT2D eigenvalue weighted by Crippen LogP contribution is 2.30. The van der Waals surface area contributed by atoms with Gasteiger partial charge >= 0.3 is 0 Å². The molecule has 1 aromatic rings. The van der Waals surface area contributed by atoms with Crippen LogP contribution in [0.5, 0.6) is 0 Å². The van der Waals surface area contributed by atoms with Crippen LogP contribution in [0.4, 0.5) is 0 Å². The summed E-state index contributed by atoms with van der Waals surface area (Å²) < 4.78 is 25.2. The predicted molar refractivity (Wildman–Crippen MR) is 88.1 cm³/mol. The Balaban J connectivity index is 2.12. The van der Waals surface area contributed by atoms with Crippen LogP contribution in [0.25, 0.3) is 0 Å². The van der Waals surface area contributed by atoms with Crippen molar-refractivity contribution in [3.05, 3.63) is 34.9 Å². The zero-order valence-electron chi connectivity index (χ0n) is 13.3. The summed E-state index contributed by atoms with van der Waals surface area (Å²) in [6.45, 7) is 6.17. The average Bonchev–Trinajstić information content (AvgIpc) is 2.37. The lowest BCUT2D eigenvalue weighted by molar-refractivity contribution is 0.381. The van der Waals surface area contributed by atoms with E-state index in [0.29, 0.717) is 5.92 Å². The molecule has 1 aliphatic carbocycles. The van der Waals surface area contributed by atoms with Crippen LogP contribution in [0.2, 0.25) is 0 Å². The van der Waals surface area contributed by atoms with Crippen LogP contribution in [0.15, 0.2) is 18.2 Å². The molecule has 3 nitrogen and oxygen atoms in total. The van der Waals surface area contributed by atoms with Gasteiger partial charge in [-0.3, -0.25) is 0 Å². The molecule has 4 heteroatoms. The van der Waals surface area contributed by atoms with Crippen LogP contribution in [0, 0.1) is 19.8 Å². The van der Waals surface area contributed by atoms with Crippen molar-refractivity contribution in [1.29, 1.82) is 0 Å². The third-order valence-corrected chi connectivity index (χ3v) is 6.75. The van der Waals surface area contributed by atoms with Gasteiger partial charge in [0.15, 0.2) is 9.84 Å². The van der Waals surface area contributed by atoms with E-state index in [0.717, 1.165) is 42.4 Å². The number of hydrogen-bond acceptors (Lipinski definition) is 3. The van der Waals surface area contributed by atoms with Gasteiger partial charge in [-0.2, -0.15) is 0 Å². The number of rotatable bonds is 4. The Labute approximate surface area is 128 Å². The molecule has 1 fully saturated rings. The number of hydrogen-bond donors (Lipinski definition) is 1. The van der Waals surface area contributed by atoms with Gasteiger partial charge in [-0.1, -0.05) is 49.1 Å². The van der Waals surface area contributed by atoms with E-state index in [4.69, 9.17) is 5.73 Å². The van der Waals surface area contributed by atoms with Crippen molar-refractivity contribution in [2.75, 3.05) is 5.75 Å². The minimum atomic E-state index is -3.11. The maximum absolute atomic E-state index is 12.6. The molecule has 1 aliphatic rings. The van der Waals surface area contributed by atoms with Gasteiger partial charge < -0.3 is 5.73 Å². The van der Waals surface area contributed by atoms with Gasteiger partial charge in [0.05, 0.1) is 11.0 Å². The molecule has 21 heavy (non-hydrogen) atoms. The third kappa shape index (κ3) is 4.30. The summed E-state index contributed by atoms with van der Waals surface area (Å²) in [5.41, 5.74) is 9.37. The Morgan fingerprint density at radius 3 is 2.38 bits per heavy atom. The molecule has 0 aliphatic heterocycles. The smallest absolute Gasteiger partial charge is 0.155 e. The topological polar surface area (TPSA) is 60.2 Å². The Morgan fingerprint density at radius 2 is 1.81 bits per heavy atom. The van der Waals surface area contributed by atoms with Crippen molar-refractivity contribution >= 4 is 9.84 Å². The first-order valence-electron chi connectivity index (χ1n) is 7.83. The molecule has 0 radical (unpaired) electrons. The van der Waals surface area contributed by atoms with Gasteiger partial charge in [0.25, 0.3) is 0 Å². The minimum Gasteiger partial charge on any atom is -0.323 e. The number of sulfone groups is 1. The second-order valence-corrected chi connectivity index (χ2v) is 9.08. The highest BCUT2D eigenvalue weighted by molar-refractivity contribution is 7.92. The Bertz CT molecular complexity index is 575. The summed E-state index contributed by atoms with van der Waals surface area (Å²) in [6.07, 6.45) is 3.76. The molecule has 0 heterocycles. The van der Waals surface area contributed by atoms with Gasteiger partial charge in [-0.25, -0.2) is 8.42 Å². The average molecular weight is 309 g/mol. The summed E-state index contributed by atoms with van der Waals surface area (Å²) in [7, 11) is -3.11. The molecule has 118 valence electrons. The van der Waals surface area contributed by atoms with Crippen LogP contribution >= 0.6 is 0 Å². The summed E-state index contributed by atoms with van der Waals surface area (Å²) in [4.78, 5) is 0. The largest absolute Gasteiger partial charge is 0.323 e. The first kappa shape index (κ1) is 16.5. The summed E-state index contributed by atoms with van der Waals surface area (Å²) >= 11 is 0. The van der Waals surface area contributed by atoms with Crippen LogP contribution in [-0.2, 0) is 9.84 Å². The minimum absolute atomic E-state index is 0.0628. The summed E-state index contributed by atoms with van der Waals surface area (Å²) in [5.74, 6) is 0.573. The predicted octanol–water partition coefficient (Wildman–Crippen LogP) is 3.30. The zero-order valence-corrected chi connectivity index (χ0v) is 14.1. The van der Waals surface area contributed by atoms with Crippen LogP contribution in [0.1, 0.15) is 55.3 Å². The van der Waals surface area contributed by atoms with Gasteiger partial charge in [0.1, 0.15) is 0 Å². The second kappa shape index (κ2) is 6.49. The van der Waals surface area contributed by atoms with E-state index in [-0.39, 0.29) is 11.0 Å². The standard InChI is InChI=1S/C17H27NO2S/c1-12-5-4-6-16(10-12)21(19,20)11-17(18)15-8-13(2)7-14(3)9-15/h7-9,12,16-17H,4-6,10-11,18H2,1-3H3. The van der Waals surface area contributed by atoms with Crippen molar-refractivity contribution in [1.82, 2.24) is 0 Å². The van der Waals surface area contributed by atoms with E-state index in [9.17, 15) is 8.42 Å². The van der Waals surface area contributed by atoms with E-state index < -0.39 is 15.9 Å². The van der Waals surface area contributed by atoms with Gasteiger partial charge in [0, 0.05) is 6.04 Å². The van der Waals surface area contributed by atoms with Crippen molar-refractivity contribution < 1.29 is 8.42 Å². The molecule has 1 saturated carbocycles. The lowest BCUT2D eigenvalue weighted by Gasteiger charge is -2.27. The van der Waals surface area contributed by atoms with Crippen molar-refractivity contribution in [3.63, 3.8) is 0 Å². The molecule has 3 unspecified atom stereocenters. The Kier molecular flexibility index (Phi) is 5.10. The lowest BCUT2D eigenvalue weighted by Crippen LogP contribution is -2.33. The SMILES string of the molecule is Cc1cc(C)cc(C(N)CS(=O)(=O)C2CCCC(C)C2)c1. The molecular weight excluding hydrogens is 282 g/mol. The molecular formula is C17H27NO2S. The maximum Gasteiger partial charge on any atom is 0.155 e. The molecule has 2 rings (SSSR count). The molecule has 0 aromatic heterocycles. The highest BCUT2D eigenvalue weighted by atomic mass is 32.2. The second-order valence-electron chi connectivity index (χ2n) is 6.75. The summed E-state index contributed by atoms with van der Waals surface area (Å²) in [5, 5.41) is -0.196. The van der Waals surface area contributed by atoms with Crippen LogP contribution in [0.3, 0.4) is 0 Å². The van der Waals surface area contributed by atoms with Gasteiger partial charge in [-0.15, -0.1) is 0 Å². The Morgan fingerprint density at radius 1 is 1.19 bits per heavy atom. The normalized spacial score (nSPS) is 24.8. The quantitative estimate of drug-likeness (QED) is 0.928. The maximum atomic E-state index is 12.6. The van der Waals surface area contributed by atoms with Crippen molar-refractivity contribution in [2.45, 2.75) is 57.7 Å². The first-order valence-corrected chi connectivity index (χ1v) is 9.55. The molecule has 3 atom stereocenters. The third-order valence-electron chi connectivity index (χ3n) is 4.48. The monoisotopic (exact) mass is 309 g/mol. The fraction of sp³-hybridized carbons (Fsp3) is 0.647. The van der Waals surface area contributed by atoms with E-state index in [2.05, 4.69) is 13.0 Å². The molecule has 1 aromatic carbocycles. The van der Waals surface area contributed by atoms with Crippen molar-refractivity contribution in [3.8, 4) is 0 Å². The molecule has 0 amide bonds. The summed E-state index contributed by atoms with van der Waals surface area (Å²) in [6, 6.07) is 5.65. The number of benzene rings is 1. The fourth-order valence-electron chi connectivity index (χ4n) is 3.41. The van der Waals surface area contributed by atoms with Crippen LogP contribution in [-0.4, -0.2) is 19.4 Å². The first-order chi connectivity index (χ1) is 9.78. The van der Waals surface area contributed by atoms with Crippen molar-refractivity contribution in [2.24, 2.45) is 11.7 Å². The van der Waals surface area contributed by atoms with E-state index in [1.807, 2.05) is 26.0 Å². The van der Waals surface area contributed by atoms with Gasteiger partial charge in [0.2, 0.25) is 0 Å². The number of nitrogens with two attached hydrogens (primary N) is 1. The molecule has 0 spiro atoms. The molecule has 0 saturated heterocycles. The fourth-order valence-corrected chi connectivity index (χ4v) is 5.52. The van der Waals surface area contributed by atoms with E-state index in [1.54, 1.807) is 0 Å². The highest BCUT2D eigenvalue weighted by Gasteiger charge is 2.31. The van der Waals surface area contributed by atoms with E-state index in [1.165, 1.54) is 0 Å². The Hall–Kier alpha value is -0.870. The van der Waals surface area contributed by atoms with Crippen LogP contribution < -0.4 is 5.73 Å². The lowest BCUT2D eigenvalue weighted by atomic mass is 9.91. The zero-order chi connectivity index (χ0) is 15.6. The number of aryl methyl sites for hydroxylation is 2. The molecule has 2 N–H and O–H groups in total. The van der Waals surface area contributed by atoms with Gasteiger partial charge in [-0.05, 0) is 38.2 Å².